The van der Waals surface area contributed by atoms with Gasteiger partial charge < -0.3 is 26.0 Å². The van der Waals surface area contributed by atoms with E-state index >= 15 is 4.39 Å². The van der Waals surface area contributed by atoms with Crippen LogP contribution in [0.5, 0.6) is 6.01 Å². The molecule has 2 aliphatic heterocycles. The van der Waals surface area contributed by atoms with Gasteiger partial charge >= 0.3 is 6.01 Å². The van der Waals surface area contributed by atoms with Gasteiger partial charge in [-0.1, -0.05) is 6.07 Å². The van der Waals surface area contributed by atoms with Crippen molar-refractivity contribution in [1.29, 1.82) is 5.26 Å². The van der Waals surface area contributed by atoms with Crippen molar-refractivity contribution in [2.24, 2.45) is 5.41 Å². The number of nitrogen functional groups attached to an aromatic ring is 2. The molecule has 270 valence electrons. The van der Waals surface area contributed by atoms with Gasteiger partial charge in [-0.15, -0.1) is 0 Å². The number of pyridine rings is 1. The van der Waals surface area contributed by atoms with E-state index in [2.05, 4.69) is 25.8 Å². The average Bonchev–Trinajstić information content (AvgIpc) is 3.92. The van der Waals surface area contributed by atoms with Crippen molar-refractivity contribution < 1.29 is 17.9 Å². The Bertz CT molecular complexity index is 1900. The summed E-state index contributed by atoms with van der Waals surface area (Å²) in [6.45, 7) is 5.09. The highest BCUT2D eigenvalue weighted by Gasteiger charge is 2.48. The van der Waals surface area contributed by atoms with E-state index in [0.717, 1.165) is 55.6 Å². The molecule has 51 heavy (non-hydrogen) atoms. The summed E-state index contributed by atoms with van der Waals surface area (Å²) in [5.41, 5.74) is 16.3. The summed E-state index contributed by atoms with van der Waals surface area (Å²) >= 11 is 0. The van der Waals surface area contributed by atoms with Crippen LogP contribution in [-0.2, 0) is 24.9 Å². The molecule has 1 saturated carbocycles. The molecule has 0 amide bonds. The first-order chi connectivity index (χ1) is 24.4. The normalized spacial score (nSPS) is 22.0. The van der Waals surface area contributed by atoms with Gasteiger partial charge in [-0.25, -0.2) is 9.37 Å². The monoisotopic (exact) mass is 701 g/mol. The lowest BCUT2D eigenvalue weighted by Crippen LogP contribution is -2.51. The fraction of sp³-hybridized carbons (Fsp3) is 0.526. The van der Waals surface area contributed by atoms with Crippen LogP contribution in [0.25, 0.3) is 0 Å². The Morgan fingerprint density at radius 2 is 1.92 bits per heavy atom. The molecule has 10 nitrogen and oxygen atoms in total. The summed E-state index contributed by atoms with van der Waals surface area (Å²) < 4.78 is 48.6. The number of rotatable bonds is 8. The van der Waals surface area contributed by atoms with Crippen molar-refractivity contribution in [2.75, 3.05) is 56.7 Å². The molecule has 4 heterocycles. The summed E-state index contributed by atoms with van der Waals surface area (Å²) in [5.74, 6) is 0.763. The number of halogens is 3. The molecule has 1 aromatic carbocycles. The van der Waals surface area contributed by atoms with Gasteiger partial charge in [0.1, 0.15) is 23.5 Å². The SMILES string of the molecule is C[C@H](c1cccnc1N)N(C)c1nc(OCC2(CN3CCCC(=C(F)F)CC3)CC2)nc2c1CN(C)[C@]1(CCCc3c(F)cc(N)c(C#N)c31)C2. The largest absolute Gasteiger partial charge is 0.463 e. The number of nitrogens with two attached hydrogens (primary N) is 2. The van der Waals surface area contributed by atoms with Gasteiger partial charge in [0.05, 0.1) is 35.1 Å². The Morgan fingerprint density at radius 1 is 1.12 bits per heavy atom. The zero-order valence-corrected chi connectivity index (χ0v) is 29.6. The van der Waals surface area contributed by atoms with Gasteiger partial charge in [-0.2, -0.15) is 24.0 Å². The molecule has 2 atom stereocenters. The molecule has 13 heteroatoms. The van der Waals surface area contributed by atoms with E-state index in [1.165, 1.54) is 6.07 Å². The predicted octanol–water partition coefficient (Wildman–Crippen LogP) is 6.26. The zero-order chi connectivity index (χ0) is 36.1. The standard InChI is InChI=1S/C38H46F3N9O/c1-23(25-9-5-14-45-34(25)44)49(3)35-28-20-48(2)38(11-4-8-26-29(39)17-30(43)27(19-42)32(26)38)18-31(28)46-36(47-35)51-22-37(12-13-37)21-50-15-6-7-24(10-16-50)33(40)41/h5,9,14,17,23H,4,6-8,10-13,15-16,18,20-22,43H2,1-3H3,(H2,44,45)/t23-,38-/m1/s1. The number of anilines is 3. The molecule has 4 N–H and O–H groups in total. The summed E-state index contributed by atoms with van der Waals surface area (Å²) in [5, 5.41) is 10.3. The van der Waals surface area contributed by atoms with Crippen molar-refractivity contribution in [1.82, 2.24) is 24.8 Å². The number of likely N-dealkylation sites (N-methyl/N-ethyl adjacent to an activating group) is 1. The Morgan fingerprint density at radius 3 is 2.65 bits per heavy atom. The molecule has 0 radical (unpaired) electrons. The van der Waals surface area contributed by atoms with Crippen molar-refractivity contribution in [3.05, 3.63) is 75.4 Å². The fourth-order valence-corrected chi connectivity index (χ4v) is 8.58. The maximum atomic E-state index is 15.5. The van der Waals surface area contributed by atoms with E-state index in [9.17, 15) is 14.0 Å². The number of benzene rings is 1. The van der Waals surface area contributed by atoms with Crippen molar-refractivity contribution in [3.8, 4) is 12.1 Å². The number of ether oxygens (including phenoxy) is 1. The highest BCUT2D eigenvalue weighted by molar-refractivity contribution is 5.65. The quantitative estimate of drug-likeness (QED) is 0.259. The minimum absolute atomic E-state index is 0.0915. The molecule has 0 unspecified atom stereocenters. The van der Waals surface area contributed by atoms with E-state index in [4.69, 9.17) is 26.2 Å². The number of aromatic nitrogens is 3. The molecule has 1 spiro atoms. The second kappa shape index (κ2) is 13.6. The number of hydrogen-bond donors (Lipinski definition) is 2. The zero-order valence-electron chi connectivity index (χ0n) is 29.6. The lowest BCUT2D eigenvalue weighted by atomic mass is 9.68. The predicted molar refractivity (Wildman–Crippen MR) is 190 cm³/mol. The van der Waals surface area contributed by atoms with E-state index in [0.29, 0.717) is 80.1 Å². The van der Waals surface area contributed by atoms with Gasteiger partial charge in [0, 0.05) is 55.8 Å². The van der Waals surface area contributed by atoms with Crippen LogP contribution in [0.4, 0.5) is 30.5 Å². The topological polar surface area (TPSA) is 133 Å². The van der Waals surface area contributed by atoms with E-state index in [-0.39, 0.29) is 34.5 Å². The smallest absolute Gasteiger partial charge is 0.318 e. The first-order valence-corrected chi connectivity index (χ1v) is 17.9. The maximum Gasteiger partial charge on any atom is 0.318 e. The highest BCUT2D eigenvalue weighted by atomic mass is 19.3. The first-order valence-electron chi connectivity index (χ1n) is 17.9. The highest BCUT2D eigenvalue weighted by Crippen LogP contribution is 2.51. The molecule has 3 aromatic rings. The van der Waals surface area contributed by atoms with E-state index in [1.807, 2.05) is 33.2 Å². The number of likely N-dealkylation sites (tertiary alicyclic amines) is 1. The Kier molecular flexibility index (Phi) is 9.35. The van der Waals surface area contributed by atoms with Gasteiger partial charge in [0.2, 0.25) is 0 Å². The molecule has 7 rings (SSSR count). The molecular formula is C38H46F3N9O. The van der Waals surface area contributed by atoms with Crippen LogP contribution in [0.15, 0.2) is 36.0 Å². The lowest BCUT2D eigenvalue weighted by Gasteiger charge is -2.50. The number of hydrogen-bond acceptors (Lipinski definition) is 10. The average molecular weight is 702 g/mol. The fourth-order valence-electron chi connectivity index (χ4n) is 8.58. The van der Waals surface area contributed by atoms with Crippen molar-refractivity contribution in [3.63, 3.8) is 0 Å². The van der Waals surface area contributed by atoms with E-state index in [1.54, 1.807) is 6.20 Å². The second-order valence-corrected chi connectivity index (χ2v) is 15.0. The van der Waals surface area contributed by atoms with E-state index < -0.39 is 11.6 Å². The van der Waals surface area contributed by atoms with Crippen LogP contribution in [0.3, 0.4) is 0 Å². The minimum Gasteiger partial charge on any atom is -0.463 e. The van der Waals surface area contributed by atoms with Crippen LogP contribution < -0.4 is 21.1 Å². The number of nitrogens with zero attached hydrogens (tertiary/aromatic N) is 7. The van der Waals surface area contributed by atoms with Crippen molar-refractivity contribution in [2.45, 2.75) is 82.8 Å². The number of fused-ring (bicyclic) bond motifs is 3. The molecular weight excluding hydrogens is 655 g/mol. The van der Waals surface area contributed by atoms with Gasteiger partial charge in [-0.05, 0) is 101 Å². The van der Waals surface area contributed by atoms with Gasteiger partial charge in [0.15, 0.2) is 0 Å². The third-order valence-electron chi connectivity index (χ3n) is 11.9. The van der Waals surface area contributed by atoms with Crippen LogP contribution in [0, 0.1) is 22.6 Å². The Labute approximate surface area is 297 Å². The molecule has 2 fully saturated rings. The summed E-state index contributed by atoms with van der Waals surface area (Å²) in [7, 11) is 3.98. The lowest BCUT2D eigenvalue weighted by molar-refractivity contribution is 0.0712. The summed E-state index contributed by atoms with van der Waals surface area (Å²) in [4.78, 5) is 20.9. The Balaban J connectivity index is 1.24. The van der Waals surface area contributed by atoms with Crippen LogP contribution >= 0.6 is 0 Å². The molecule has 2 aromatic heterocycles. The third kappa shape index (κ3) is 6.48. The second-order valence-electron chi connectivity index (χ2n) is 15.0. The van der Waals surface area contributed by atoms with Gasteiger partial charge in [0.25, 0.3) is 6.08 Å². The first kappa shape index (κ1) is 35.0. The maximum absolute atomic E-state index is 15.5. The van der Waals surface area contributed by atoms with Crippen LogP contribution in [0.2, 0.25) is 0 Å². The van der Waals surface area contributed by atoms with Gasteiger partial charge in [-0.3, -0.25) is 4.90 Å². The Hall–Kier alpha value is -4.41. The molecule has 0 bridgehead atoms. The third-order valence-corrected chi connectivity index (χ3v) is 11.9. The minimum atomic E-state index is -1.53. The molecule has 1 saturated heterocycles. The van der Waals surface area contributed by atoms with Crippen molar-refractivity contribution >= 4 is 17.3 Å². The summed E-state index contributed by atoms with van der Waals surface area (Å²) in [6, 6.07) is 7.44. The number of nitriles is 1. The van der Waals surface area contributed by atoms with Crippen LogP contribution in [-0.4, -0.2) is 65.1 Å². The van der Waals surface area contributed by atoms with Crippen LogP contribution in [0.1, 0.15) is 91.4 Å². The molecule has 4 aliphatic rings. The summed E-state index contributed by atoms with van der Waals surface area (Å²) in [6.07, 6.45) is 6.08. The molecule has 2 aliphatic carbocycles.